The predicted octanol–water partition coefficient (Wildman–Crippen LogP) is 1.95. The van der Waals surface area contributed by atoms with Crippen LogP contribution in [0.5, 0.6) is 0 Å². The van der Waals surface area contributed by atoms with Crippen LogP contribution in [0.25, 0.3) is 0 Å². The molecular formula is C18H18N2O5S. The van der Waals surface area contributed by atoms with Crippen LogP contribution in [0.3, 0.4) is 0 Å². The number of benzene rings is 2. The summed E-state index contributed by atoms with van der Waals surface area (Å²) in [6.45, 7) is 3.01. The molecule has 0 atom stereocenters. The highest BCUT2D eigenvalue weighted by Crippen LogP contribution is 2.12. The molecule has 0 spiro atoms. The summed E-state index contributed by atoms with van der Waals surface area (Å²) >= 11 is 0. The van der Waals surface area contributed by atoms with Crippen LogP contribution >= 0.6 is 0 Å². The number of anilines is 1. The average molecular weight is 374 g/mol. The minimum Gasteiger partial charge on any atom is -0.452 e. The third-order valence-electron chi connectivity index (χ3n) is 3.19. The van der Waals surface area contributed by atoms with Crippen molar-refractivity contribution >= 4 is 27.6 Å². The number of carbonyl (C=O) groups excluding carboxylic acids is 2. The summed E-state index contributed by atoms with van der Waals surface area (Å²) in [7, 11) is -3.76. The van der Waals surface area contributed by atoms with Crippen molar-refractivity contribution in [1.82, 2.24) is 4.72 Å². The number of nitrogens with one attached hydrogen (secondary N) is 2. The fourth-order valence-corrected chi connectivity index (χ4v) is 3.02. The van der Waals surface area contributed by atoms with Gasteiger partial charge in [0.25, 0.3) is 5.91 Å². The third kappa shape index (κ3) is 5.54. The number of hydrogen-bond donors (Lipinski definition) is 2. The number of sulfonamides is 1. The molecule has 136 valence electrons. The van der Waals surface area contributed by atoms with Gasteiger partial charge in [-0.25, -0.2) is 17.9 Å². The molecule has 0 aliphatic rings. The van der Waals surface area contributed by atoms with E-state index in [-0.39, 0.29) is 17.0 Å². The SMILES string of the molecule is C=CCNS(=O)(=O)c1cccc(C(=O)OCC(=O)Nc2ccccc2)c1. The van der Waals surface area contributed by atoms with Crippen molar-refractivity contribution in [3.63, 3.8) is 0 Å². The number of amides is 1. The molecular weight excluding hydrogens is 356 g/mol. The Morgan fingerprint density at radius 3 is 2.50 bits per heavy atom. The van der Waals surface area contributed by atoms with Gasteiger partial charge in [-0.1, -0.05) is 30.3 Å². The lowest BCUT2D eigenvalue weighted by atomic mass is 10.2. The second kappa shape index (κ2) is 8.93. The molecule has 0 unspecified atom stereocenters. The van der Waals surface area contributed by atoms with E-state index in [1.807, 2.05) is 0 Å². The molecule has 0 saturated heterocycles. The van der Waals surface area contributed by atoms with E-state index in [0.29, 0.717) is 5.69 Å². The molecule has 8 heteroatoms. The molecule has 0 saturated carbocycles. The first-order chi connectivity index (χ1) is 12.4. The number of rotatable bonds is 8. The summed E-state index contributed by atoms with van der Waals surface area (Å²) in [6, 6.07) is 14.1. The molecule has 7 nitrogen and oxygen atoms in total. The highest BCUT2D eigenvalue weighted by atomic mass is 32.2. The van der Waals surface area contributed by atoms with E-state index in [4.69, 9.17) is 4.74 Å². The van der Waals surface area contributed by atoms with Crippen molar-refractivity contribution in [1.29, 1.82) is 0 Å². The predicted molar refractivity (Wildman–Crippen MR) is 97.2 cm³/mol. The molecule has 2 N–H and O–H groups in total. The summed E-state index contributed by atoms with van der Waals surface area (Å²) in [5, 5.41) is 2.58. The van der Waals surface area contributed by atoms with E-state index in [2.05, 4.69) is 16.6 Å². The van der Waals surface area contributed by atoms with Crippen LogP contribution in [0.4, 0.5) is 5.69 Å². The first kappa shape index (κ1) is 19.4. The Bertz CT molecular complexity index is 895. The summed E-state index contributed by atoms with van der Waals surface area (Å²) in [5.41, 5.74) is 0.605. The van der Waals surface area contributed by atoms with Gasteiger partial charge in [-0.05, 0) is 30.3 Å². The van der Waals surface area contributed by atoms with E-state index < -0.39 is 28.5 Å². The van der Waals surface area contributed by atoms with Crippen molar-refractivity contribution < 1.29 is 22.7 Å². The number of hydrogen-bond acceptors (Lipinski definition) is 5. The summed E-state index contributed by atoms with van der Waals surface area (Å²) in [4.78, 5) is 23.8. The monoisotopic (exact) mass is 374 g/mol. The van der Waals surface area contributed by atoms with Gasteiger partial charge in [0, 0.05) is 12.2 Å². The highest BCUT2D eigenvalue weighted by molar-refractivity contribution is 7.89. The molecule has 26 heavy (non-hydrogen) atoms. The lowest BCUT2D eigenvalue weighted by molar-refractivity contribution is -0.119. The first-order valence-corrected chi connectivity index (χ1v) is 9.13. The smallest absolute Gasteiger partial charge is 0.338 e. The Morgan fingerprint density at radius 2 is 1.81 bits per heavy atom. The Balaban J connectivity index is 1.98. The van der Waals surface area contributed by atoms with Crippen LogP contribution in [-0.4, -0.2) is 33.4 Å². The topological polar surface area (TPSA) is 102 Å². The van der Waals surface area contributed by atoms with E-state index in [0.717, 1.165) is 0 Å². The van der Waals surface area contributed by atoms with Gasteiger partial charge in [0.05, 0.1) is 10.5 Å². The molecule has 0 aromatic heterocycles. The van der Waals surface area contributed by atoms with Crippen LogP contribution in [0, 0.1) is 0 Å². The largest absolute Gasteiger partial charge is 0.452 e. The zero-order valence-corrected chi connectivity index (χ0v) is 14.7. The fourth-order valence-electron chi connectivity index (χ4n) is 1.98. The molecule has 2 rings (SSSR count). The molecule has 0 aliphatic carbocycles. The van der Waals surface area contributed by atoms with Crippen LogP contribution in [-0.2, 0) is 19.6 Å². The normalized spacial score (nSPS) is 10.8. The van der Waals surface area contributed by atoms with E-state index in [1.54, 1.807) is 30.3 Å². The van der Waals surface area contributed by atoms with Gasteiger partial charge >= 0.3 is 5.97 Å². The molecule has 1 amide bonds. The molecule has 0 heterocycles. The average Bonchev–Trinajstić information content (AvgIpc) is 2.65. The number of esters is 1. The van der Waals surface area contributed by atoms with E-state index in [1.165, 1.54) is 30.3 Å². The van der Waals surface area contributed by atoms with Gasteiger partial charge < -0.3 is 10.1 Å². The van der Waals surface area contributed by atoms with Gasteiger partial charge in [-0.2, -0.15) is 0 Å². The molecule has 2 aromatic rings. The van der Waals surface area contributed by atoms with Crippen LogP contribution < -0.4 is 10.0 Å². The van der Waals surface area contributed by atoms with Crippen LogP contribution in [0.2, 0.25) is 0 Å². The maximum Gasteiger partial charge on any atom is 0.338 e. The third-order valence-corrected chi connectivity index (χ3v) is 4.61. The van der Waals surface area contributed by atoms with E-state index >= 15 is 0 Å². The maximum atomic E-state index is 12.1. The van der Waals surface area contributed by atoms with Gasteiger partial charge in [0.1, 0.15) is 0 Å². The van der Waals surface area contributed by atoms with Gasteiger partial charge in [-0.15, -0.1) is 6.58 Å². The van der Waals surface area contributed by atoms with Crippen molar-refractivity contribution in [3.8, 4) is 0 Å². The second-order valence-electron chi connectivity index (χ2n) is 5.16. The van der Waals surface area contributed by atoms with Crippen molar-refractivity contribution in [2.45, 2.75) is 4.90 Å². The molecule has 0 bridgehead atoms. The fraction of sp³-hybridized carbons (Fsp3) is 0.111. The lowest BCUT2D eigenvalue weighted by Gasteiger charge is -2.08. The number of carbonyl (C=O) groups is 2. The number of ether oxygens (including phenoxy) is 1. The molecule has 0 aliphatic heterocycles. The molecule has 0 fully saturated rings. The quantitative estimate of drug-likeness (QED) is 0.543. The lowest BCUT2D eigenvalue weighted by Crippen LogP contribution is -2.24. The van der Waals surface area contributed by atoms with Gasteiger partial charge in [0.15, 0.2) is 6.61 Å². The Hall–Kier alpha value is -2.97. The second-order valence-corrected chi connectivity index (χ2v) is 6.93. The number of para-hydroxylation sites is 1. The zero-order valence-electron chi connectivity index (χ0n) is 13.8. The molecule has 0 radical (unpaired) electrons. The van der Waals surface area contributed by atoms with Crippen molar-refractivity contribution in [2.24, 2.45) is 0 Å². The summed E-state index contributed by atoms with van der Waals surface area (Å²) in [5.74, 6) is -1.30. The van der Waals surface area contributed by atoms with Crippen molar-refractivity contribution in [3.05, 3.63) is 72.8 Å². The van der Waals surface area contributed by atoms with Crippen LogP contribution in [0.15, 0.2) is 72.1 Å². The minimum atomic E-state index is -3.76. The van der Waals surface area contributed by atoms with Crippen molar-refractivity contribution in [2.75, 3.05) is 18.5 Å². The summed E-state index contributed by atoms with van der Waals surface area (Å²) < 4.78 is 31.4. The van der Waals surface area contributed by atoms with Crippen LogP contribution in [0.1, 0.15) is 10.4 Å². The highest BCUT2D eigenvalue weighted by Gasteiger charge is 2.16. The van der Waals surface area contributed by atoms with E-state index in [9.17, 15) is 18.0 Å². The standard InChI is InChI=1S/C18H18N2O5S/c1-2-11-19-26(23,24)16-10-6-7-14(12-16)18(22)25-13-17(21)20-15-8-4-3-5-9-15/h2-10,12,19H,1,11,13H2,(H,20,21). The zero-order chi connectivity index (χ0) is 19.0. The Labute approximate surface area is 151 Å². The first-order valence-electron chi connectivity index (χ1n) is 7.65. The summed E-state index contributed by atoms with van der Waals surface area (Å²) in [6.07, 6.45) is 1.40. The Kier molecular flexibility index (Phi) is 6.65. The van der Waals surface area contributed by atoms with Gasteiger partial charge in [-0.3, -0.25) is 4.79 Å². The minimum absolute atomic E-state index is 0.0268. The molecule has 2 aromatic carbocycles. The van der Waals surface area contributed by atoms with Gasteiger partial charge in [0.2, 0.25) is 10.0 Å². The Morgan fingerprint density at radius 1 is 1.08 bits per heavy atom. The maximum absolute atomic E-state index is 12.1.